The molecular formula is C16H24N2O4. The molecule has 0 bridgehead atoms. The largest absolute Gasteiger partial charge is 0.493 e. The molecule has 1 aromatic rings. The lowest BCUT2D eigenvalue weighted by Crippen LogP contribution is -2.48. The van der Waals surface area contributed by atoms with Crippen LogP contribution >= 0.6 is 0 Å². The Morgan fingerprint density at radius 3 is 2.64 bits per heavy atom. The molecule has 0 aliphatic carbocycles. The van der Waals surface area contributed by atoms with E-state index in [2.05, 4.69) is 5.32 Å². The Hall–Kier alpha value is -1.79. The molecule has 3 N–H and O–H groups in total. The number of carbonyl (C=O) groups excluding carboxylic acids is 1. The first kappa shape index (κ1) is 16.6. The molecule has 1 heterocycles. The number of nitrogens with two attached hydrogens (primary N) is 1. The van der Waals surface area contributed by atoms with Crippen molar-refractivity contribution in [1.82, 2.24) is 5.32 Å². The van der Waals surface area contributed by atoms with Crippen LogP contribution in [0.25, 0.3) is 0 Å². The van der Waals surface area contributed by atoms with Gasteiger partial charge in [-0.05, 0) is 37.0 Å². The van der Waals surface area contributed by atoms with Gasteiger partial charge in [-0.1, -0.05) is 6.07 Å². The Morgan fingerprint density at radius 1 is 1.32 bits per heavy atom. The average Bonchev–Trinajstić information content (AvgIpc) is 2.55. The van der Waals surface area contributed by atoms with Crippen molar-refractivity contribution in [2.45, 2.75) is 31.3 Å². The third-order valence-corrected chi connectivity index (χ3v) is 3.81. The molecule has 2 rings (SSSR count). The minimum absolute atomic E-state index is 0.123. The second-order valence-corrected chi connectivity index (χ2v) is 5.40. The van der Waals surface area contributed by atoms with E-state index in [0.29, 0.717) is 31.1 Å². The number of carbonyl (C=O) groups is 1. The normalized spacial score (nSPS) is 16.9. The van der Waals surface area contributed by atoms with Crippen LogP contribution in [0.2, 0.25) is 0 Å². The zero-order chi connectivity index (χ0) is 15.9. The van der Waals surface area contributed by atoms with Crippen LogP contribution in [0.4, 0.5) is 0 Å². The van der Waals surface area contributed by atoms with Crippen molar-refractivity contribution in [1.29, 1.82) is 0 Å². The molecule has 1 saturated heterocycles. The number of hydrogen-bond acceptors (Lipinski definition) is 5. The Bertz CT molecular complexity index is 501. The average molecular weight is 308 g/mol. The van der Waals surface area contributed by atoms with Gasteiger partial charge in [0.1, 0.15) is 0 Å². The van der Waals surface area contributed by atoms with E-state index in [1.54, 1.807) is 14.2 Å². The van der Waals surface area contributed by atoms with Crippen molar-refractivity contribution in [2.24, 2.45) is 5.73 Å². The first-order chi connectivity index (χ1) is 10.6. The maximum absolute atomic E-state index is 12.2. The minimum atomic E-state index is -0.582. The molecule has 0 saturated carbocycles. The summed E-state index contributed by atoms with van der Waals surface area (Å²) in [5.41, 5.74) is 6.95. The van der Waals surface area contributed by atoms with Gasteiger partial charge in [-0.15, -0.1) is 0 Å². The fourth-order valence-corrected chi connectivity index (χ4v) is 2.50. The smallest absolute Gasteiger partial charge is 0.237 e. The Labute approximate surface area is 130 Å². The lowest BCUT2D eigenvalue weighted by atomic mass is 10.0. The van der Waals surface area contributed by atoms with Gasteiger partial charge in [0.25, 0.3) is 0 Å². The van der Waals surface area contributed by atoms with E-state index in [1.807, 2.05) is 18.2 Å². The topological polar surface area (TPSA) is 82.8 Å². The Balaban J connectivity index is 1.92. The highest BCUT2D eigenvalue weighted by atomic mass is 16.5. The standard InChI is InChI=1S/C16H24N2O4/c1-20-14-4-3-11(10-15(14)21-2)9-13(17)16(19)18-12-5-7-22-8-6-12/h3-4,10,12-13H,5-9,17H2,1-2H3,(H,18,19)/t13-/m0/s1. The molecule has 0 radical (unpaired) electrons. The van der Waals surface area contributed by atoms with E-state index in [-0.39, 0.29) is 11.9 Å². The molecule has 0 aromatic heterocycles. The van der Waals surface area contributed by atoms with Gasteiger partial charge in [0.05, 0.1) is 20.3 Å². The Kier molecular flexibility index (Phi) is 6.03. The summed E-state index contributed by atoms with van der Waals surface area (Å²) < 4.78 is 15.7. The van der Waals surface area contributed by atoms with Crippen LogP contribution in [0, 0.1) is 0 Å². The highest BCUT2D eigenvalue weighted by molar-refractivity contribution is 5.82. The van der Waals surface area contributed by atoms with E-state index in [1.165, 1.54) is 0 Å². The number of rotatable bonds is 6. The van der Waals surface area contributed by atoms with Crippen molar-refractivity contribution in [2.75, 3.05) is 27.4 Å². The van der Waals surface area contributed by atoms with E-state index >= 15 is 0 Å². The molecular weight excluding hydrogens is 284 g/mol. The monoisotopic (exact) mass is 308 g/mol. The quantitative estimate of drug-likeness (QED) is 0.815. The van der Waals surface area contributed by atoms with Crippen LogP contribution in [-0.4, -0.2) is 45.4 Å². The molecule has 1 amide bonds. The van der Waals surface area contributed by atoms with Crippen molar-refractivity contribution in [3.8, 4) is 11.5 Å². The van der Waals surface area contributed by atoms with Crippen LogP contribution in [0.1, 0.15) is 18.4 Å². The van der Waals surface area contributed by atoms with Crippen LogP contribution in [0.3, 0.4) is 0 Å². The predicted molar refractivity (Wildman–Crippen MR) is 83.2 cm³/mol. The summed E-state index contributed by atoms with van der Waals surface area (Å²) in [4.78, 5) is 12.2. The highest BCUT2D eigenvalue weighted by Crippen LogP contribution is 2.27. The molecule has 1 aliphatic rings. The van der Waals surface area contributed by atoms with Gasteiger partial charge >= 0.3 is 0 Å². The molecule has 22 heavy (non-hydrogen) atoms. The van der Waals surface area contributed by atoms with Crippen molar-refractivity contribution >= 4 is 5.91 Å². The number of amides is 1. The molecule has 1 atom stereocenters. The number of benzene rings is 1. The van der Waals surface area contributed by atoms with E-state index in [0.717, 1.165) is 18.4 Å². The van der Waals surface area contributed by atoms with Crippen LogP contribution < -0.4 is 20.5 Å². The molecule has 1 fully saturated rings. The fourth-order valence-electron chi connectivity index (χ4n) is 2.50. The zero-order valence-electron chi connectivity index (χ0n) is 13.1. The van der Waals surface area contributed by atoms with Crippen LogP contribution in [0.15, 0.2) is 18.2 Å². The third-order valence-electron chi connectivity index (χ3n) is 3.81. The summed E-state index contributed by atoms with van der Waals surface area (Å²) >= 11 is 0. The highest BCUT2D eigenvalue weighted by Gasteiger charge is 2.20. The number of hydrogen-bond donors (Lipinski definition) is 2. The van der Waals surface area contributed by atoms with Gasteiger partial charge in [0, 0.05) is 19.3 Å². The van der Waals surface area contributed by atoms with Crippen molar-refractivity contribution in [3.05, 3.63) is 23.8 Å². The van der Waals surface area contributed by atoms with Crippen molar-refractivity contribution < 1.29 is 19.0 Å². The molecule has 0 unspecified atom stereocenters. The van der Waals surface area contributed by atoms with Gasteiger partial charge in [-0.3, -0.25) is 4.79 Å². The predicted octanol–water partition coefficient (Wildman–Crippen LogP) is 0.869. The van der Waals surface area contributed by atoms with E-state index in [4.69, 9.17) is 19.9 Å². The first-order valence-corrected chi connectivity index (χ1v) is 7.48. The van der Waals surface area contributed by atoms with Gasteiger partial charge in [-0.2, -0.15) is 0 Å². The Morgan fingerprint density at radius 2 is 2.00 bits per heavy atom. The SMILES string of the molecule is COc1ccc(C[C@H](N)C(=O)NC2CCOCC2)cc1OC. The number of ether oxygens (including phenoxy) is 3. The van der Waals surface area contributed by atoms with Crippen molar-refractivity contribution in [3.63, 3.8) is 0 Å². The van der Waals surface area contributed by atoms with E-state index in [9.17, 15) is 4.79 Å². The number of methoxy groups -OCH3 is 2. The maximum Gasteiger partial charge on any atom is 0.237 e. The second kappa shape index (κ2) is 8.00. The third kappa shape index (κ3) is 4.35. The molecule has 1 aromatic carbocycles. The molecule has 0 spiro atoms. The summed E-state index contributed by atoms with van der Waals surface area (Å²) in [6.45, 7) is 1.38. The first-order valence-electron chi connectivity index (χ1n) is 7.48. The zero-order valence-corrected chi connectivity index (χ0v) is 13.1. The maximum atomic E-state index is 12.2. The van der Waals surface area contributed by atoms with Gasteiger partial charge < -0.3 is 25.3 Å². The van der Waals surface area contributed by atoms with Crippen LogP contribution in [-0.2, 0) is 16.0 Å². The molecule has 122 valence electrons. The second-order valence-electron chi connectivity index (χ2n) is 5.40. The molecule has 6 nitrogen and oxygen atoms in total. The molecule has 6 heteroatoms. The summed E-state index contributed by atoms with van der Waals surface area (Å²) in [5, 5.41) is 2.99. The van der Waals surface area contributed by atoms with Gasteiger partial charge in [0.2, 0.25) is 5.91 Å². The minimum Gasteiger partial charge on any atom is -0.493 e. The summed E-state index contributed by atoms with van der Waals surface area (Å²) in [7, 11) is 3.17. The summed E-state index contributed by atoms with van der Waals surface area (Å²) in [6, 6.07) is 5.14. The fraction of sp³-hybridized carbons (Fsp3) is 0.562. The van der Waals surface area contributed by atoms with Crippen LogP contribution in [0.5, 0.6) is 11.5 Å². The lowest BCUT2D eigenvalue weighted by Gasteiger charge is -2.24. The van der Waals surface area contributed by atoms with Gasteiger partial charge in [-0.25, -0.2) is 0 Å². The van der Waals surface area contributed by atoms with Gasteiger partial charge in [0.15, 0.2) is 11.5 Å². The summed E-state index contributed by atoms with van der Waals surface area (Å²) in [6.07, 6.45) is 2.14. The number of nitrogens with one attached hydrogen (secondary N) is 1. The summed E-state index contributed by atoms with van der Waals surface area (Å²) in [5.74, 6) is 1.17. The lowest BCUT2D eigenvalue weighted by molar-refractivity contribution is -0.123. The van der Waals surface area contributed by atoms with E-state index < -0.39 is 6.04 Å². The molecule has 1 aliphatic heterocycles.